The van der Waals surface area contributed by atoms with Gasteiger partial charge in [0, 0.05) is 32.3 Å². The first kappa shape index (κ1) is 24.4. The molecule has 1 atom stereocenters. The highest BCUT2D eigenvalue weighted by molar-refractivity contribution is 5.86. The minimum Gasteiger partial charge on any atom is -0.444 e. The molecule has 170 valence electrons. The summed E-state index contributed by atoms with van der Waals surface area (Å²) in [6.45, 7) is 11.3. The molecule has 2 rings (SSSR count). The van der Waals surface area contributed by atoms with E-state index >= 15 is 0 Å². The van der Waals surface area contributed by atoms with Gasteiger partial charge in [-0.05, 0) is 53.4 Å². The molecule has 0 unspecified atom stereocenters. The monoisotopic (exact) mass is 429 g/mol. The average molecular weight is 430 g/mol. The van der Waals surface area contributed by atoms with Crippen molar-refractivity contribution in [3.63, 3.8) is 0 Å². The zero-order valence-corrected chi connectivity index (χ0v) is 19.4. The fourth-order valence-corrected chi connectivity index (χ4v) is 3.18. The van der Waals surface area contributed by atoms with E-state index in [1.807, 2.05) is 27.7 Å². The van der Waals surface area contributed by atoms with Gasteiger partial charge in [0.2, 0.25) is 5.91 Å². The highest BCUT2D eigenvalue weighted by Gasteiger charge is 2.36. The van der Waals surface area contributed by atoms with Gasteiger partial charge >= 0.3 is 6.09 Å². The molecule has 2 heterocycles. The van der Waals surface area contributed by atoms with E-state index in [-0.39, 0.29) is 5.91 Å². The highest BCUT2D eigenvalue weighted by Crippen LogP contribution is 2.21. The van der Waals surface area contributed by atoms with Gasteiger partial charge in [0.15, 0.2) is 0 Å². The summed E-state index contributed by atoms with van der Waals surface area (Å²) in [5.74, 6) is 7.58. The molecule has 1 aromatic heterocycles. The highest BCUT2D eigenvalue weighted by atomic mass is 16.6. The van der Waals surface area contributed by atoms with Crippen LogP contribution in [0.15, 0.2) is 6.20 Å². The van der Waals surface area contributed by atoms with E-state index in [9.17, 15) is 9.59 Å². The molecule has 1 saturated heterocycles. The summed E-state index contributed by atoms with van der Waals surface area (Å²) in [5, 5.41) is 6.20. The lowest BCUT2D eigenvalue weighted by Crippen LogP contribution is -2.47. The lowest BCUT2D eigenvalue weighted by molar-refractivity contribution is -0.125. The Kier molecular flexibility index (Phi) is 9.10. The number of anilines is 1. The second kappa shape index (κ2) is 11.5. The number of nitrogens with one attached hydrogen (secondary N) is 2. The quantitative estimate of drug-likeness (QED) is 0.510. The van der Waals surface area contributed by atoms with Crippen molar-refractivity contribution < 1.29 is 14.3 Å². The first-order chi connectivity index (χ1) is 14.7. The SMILES string of the molecule is CCCNc1nc(C)ncc1C#CCCCNC(=O)[C@@H]1CCCN1C(=O)OC(C)(C)C. The summed E-state index contributed by atoms with van der Waals surface area (Å²) in [6, 6.07) is -0.460. The molecule has 1 aromatic rings. The van der Waals surface area contributed by atoms with Crippen LogP contribution >= 0.6 is 0 Å². The van der Waals surface area contributed by atoms with Crippen LogP contribution in [0.4, 0.5) is 10.6 Å². The molecular weight excluding hydrogens is 394 g/mol. The number of likely N-dealkylation sites (tertiary alicyclic amines) is 1. The zero-order chi connectivity index (χ0) is 22.9. The van der Waals surface area contributed by atoms with Crippen LogP contribution in [0, 0.1) is 18.8 Å². The third-order valence-electron chi connectivity index (χ3n) is 4.64. The van der Waals surface area contributed by atoms with Crippen LogP contribution in [-0.4, -0.2) is 58.1 Å². The summed E-state index contributed by atoms with van der Waals surface area (Å²) in [5.41, 5.74) is 0.204. The Morgan fingerprint density at radius 1 is 1.32 bits per heavy atom. The number of ether oxygens (including phenoxy) is 1. The van der Waals surface area contributed by atoms with Crippen LogP contribution in [0.25, 0.3) is 0 Å². The number of aryl methyl sites for hydroxylation is 1. The number of unbranched alkanes of at least 4 members (excludes halogenated alkanes) is 1. The molecule has 0 spiro atoms. The van der Waals surface area contributed by atoms with E-state index in [0.717, 1.165) is 37.2 Å². The van der Waals surface area contributed by atoms with Gasteiger partial charge < -0.3 is 15.4 Å². The number of nitrogens with zero attached hydrogens (tertiary/aromatic N) is 3. The summed E-state index contributed by atoms with van der Waals surface area (Å²) >= 11 is 0. The molecule has 0 bridgehead atoms. The third kappa shape index (κ3) is 8.08. The Labute approximate surface area is 185 Å². The first-order valence-electron chi connectivity index (χ1n) is 11.0. The standard InChI is InChI=1S/C23H35N5O3/c1-6-13-24-20-18(16-26-17(2)27-20)11-8-7-9-14-25-21(29)19-12-10-15-28(19)22(30)31-23(3,4)5/h16,19H,6-7,9-10,12-15H2,1-5H3,(H,25,29)(H,24,26,27)/t19-/m0/s1. The Bertz CT molecular complexity index is 823. The molecule has 2 N–H and O–H groups in total. The topological polar surface area (TPSA) is 96.5 Å². The maximum atomic E-state index is 12.5. The fourth-order valence-electron chi connectivity index (χ4n) is 3.18. The van der Waals surface area contributed by atoms with Crippen molar-refractivity contribution in [3.05, 3.63) is 17.6 Å². The van der Waals surface area contributed by atoms with Crippen molar-refractivity contribution in [1.82, 2.24) is 20.2 Å². The van der Waals surface area contributed by atoms with Gasteiger partial charge in [-0.25, -0.2) is 14.8 Å². The molecule has 8 heteroatoms. The van der Waals surface area contributed by atoms with Crippen LogP contribution in [0.3, 0.4) is 0 Å². The lowest BCUT2D eigenvalue weighted by atomic mass is 10.2. The molecular formula is C23H35N5O3. The van der Waals surface area contributed by atoms with Crippen molar-refractivity contribution >= 4 is 17.8 Å². The van der Waals surface area contributed by atoms with Crippen molar-refractivity contribution in [2.24, 2.45) is 0 Å². The number of aromatic nitrogens is 2. The van der Waals surface area contributed by atoms with Crippen LogP contribution in [-0.2, 0) is 9.53 Å². The number of amides is 2. The number of hydrogen-bond acceptors (Lipinski definition) is 6. The zero-order valence-electron chi connectivity index (χ0n) is 19.4. The van der Waals surface area contributed by atoms with Gasteiger partial charge in [-0.3, -0.25) is 9.69 Å². The minimum absolute atomic E-state index is 0.130. The van der Waals surface area contributed by atoms with Crippen LogP contribution in [0.5, 0.6) is 0 Å². The predicted molar refractivity (Wildman–Crippen MR) is 121 cm³/mol. The van der Waals surface area contributed by atoms with E-state index in [1.165, 1.54) is 4.90 Å². The maximum Gasteiger partial charge on any atom is 0.410 e. The lowest BCUT2D eigenvalue weighted by Gasteiger charge is -2.28. The van der Waals surface area contributed by atoms with Crippen molar-refractivity contribution in [2.45, 2.75) is 78.4 Å². The molecule has 2 amide bonds. The summed E-state index contributed by atoms with van der Waals surface area (Å²) in [7, 11) is 0. The summed E-state index contributed by atoms with van der Waals surface area (Å²) in [4.78, 5) is 35.0. The van der Waals surface area contributed by atoms with E-state index < -0.39 is 17.7 Å². The number of carbonyl (C=O) groups excluding carboxylic acids is 2. The van der Waals surface area contributed by atoms with Crippen LogP contribution < -0.4 is 10.6 Å². The molecule has 1 aliphatic rings. The van der Waals surface area contributed by atoms with Crippen molar-refractivity contribution in [3.8, 4) is 11.8 Å². The molecule has 0 aromatic carbocycles. The summed E-state index contributed by atoms with van der Waals surface area (Å²) in [6.07, 6.45) is 5.14. The van der Waals surface area contributed by atoms with Gasteiger partial charge in [-0.15, -0.1) is 0 Å². The van der Waals surface area contributed by atoms with Gasteiger partial charge in [0.25, 0.3) is 0 Å². The molecule has 0 aliphatic carbocycles. The van der Waals surface area contributed by atoms with E-state index in [1.54, 1.807) is 6.20 Å². The fraction of sp³-hybridized carbons (Fsp3) is 0.652. The predicted octanol–water partition coefficient (Wildman–Crippen LogP) is 3.25. The molecule has 1 aliphatic heterocycles. The Balaban J connectivity index is 1.80. The van der Waals surface area contributed by atoms with Gasteiger partial charge in [0.1, 0.15) is 23.3 Å². The second-order valence-electron chi connectivity index (χ2n) is 8.63. The Morgan fingerprint density at radius 2 is 2.10 bits per heavy atom. The summed E-state index contributed by atoms with van der Waals surface area (Å²) < 4.78 is 5.42. The van der Waals surface area contributed by atoms with E-state index in [0.29, 0.717) is 31.8 Å². The molecule has 31 heavy (non-hydrogen) atoms. The number of rotatable bonds is 7. The molecule has 8 nitrogen and oxygen atoms in total. The second-order valence-corrected chi connectivity index (χ2v) is 8.63. The van der Waals surface area contributed by atoms with Crippen molar-refractivity contribution in [1.29, 1.82) is 0 Å². The van der Waals surface area contributed by atoms with Gasteiger partial charge in [0.05, 0.1) is 5.56 Å². The third-order valence-corrected chi connectivity index (χ3v) is 4.64. The average Bonchev–Trinajstić information content (AvgIpc) is 3.19. The molecule has 1 fully saturated rings. The Hall–Kier alpha value is -2.82. The van der Waals surface area contributed by atoms with E-state index in [2.05, 4.69) is 39.4 Å². The van der Waals surface area contributed by atoms with Gasteiger partial charge in [-0.2, -0.15) is 0 Å². The van der Waals surface area contributed by atoms with E-state index in [4.69, 9.17) is 4.74 Å². The smallest absolute Gasteiger partial charge is 0.410 e. The largest absolute Gasteiger partial charge is 0.444 e. The Morgan fingerprint density at radius 3 is 2.81 bits per heavy atom. The normalized spacial score (nSPS) is 15.8. The van der Waals surface area contributed by atoms with Gasteiger partial charge in [-0.1, -0.05) is 18.8 Å². The maximum absolute atomic E-state index is 12.5. The number of carbonyl (C=O) groups is 2. The molecule has 0 saturated carbocycles. The van der Waals surface area contributed by atoms with Crippen LogP contribution in [0.1, 0.15) is 71.2 Å². The first-order valence-corrected chi connectivity index (χ1v) is 11.0. The van der Waals surface area contributed by atoms with Crippen LogP contribution in [0.2, 0.25) is 0 Å². The minimum atomic E-state index is -0.576. The van der Waals surface area contributed by atoms with Crippen molar-refractivity contribution in [2.75, 3.05) is 25.0 Å². The molecule has 0 radical (unpaired) electrons. The number of hydrogen-bond donors (Lipinski definition) is 2.